The monoisotopic (exact) mass is 463 g/mol. The van der Waals surface area contributed by atoms with Gasteiger partial charge in [0.1, 0.15) is 17.8 Å². The zero-order valence-electron chi connectivity index (χ0n) is 19.1. The molecule has 0 unspecified atom stereocenters. The molecule has 0 aliphatic carbocycles. The molecule has 0 atom stereocenters. The van der Waals surface area contributed by atoms with Crippen molar-refractivity contribution in [2.45, 2.75) is 26.4 Å². The third kappa shape index (κ3) is 3.65. The minimum Gasteiger partial charge on any atom is -0.310 e. The van der Waals surface area contributed by atoms with Crippen LogP contribution in [0.3, 0.4) is 0 Å². The average molecular weight is 464 g/mol. The first-order valence-electron chi connectivity index (χ1n) is 11.2. The summed E-state index contributed by atoms with van der Waals surface area (Å²) in [5.41, 5.74) is 5.16. The van der Waals surface area contributed by atoms with Crippen molar-refractivity contribution in [1.29, 1.82) is 0 Å². The fourth-order valence-corrected chi connectivity index (χ4v) is 4.26. The highest BCUT2D eigenvalue weighted by Gasteiger charge is 2.30. The lowest BCUT2D eigenvalue weighted by molar-refractivity contribution is 0.0996. The quantitative estimate of drug-likeness (QED) is 0.419. The fraction of sp³-hybridized carbons (Fsp3) is 0.160. The van der Waals surface area contributed by atoms with Gasteiger partial charge in [0.2, 0.25) is 5.82 Å². The molecule has 0 saturated carbocycles. The Hall–Kier alpha value is -4.73. The van der Waals surface area contributed by atoms with E-state index >= 15 is 0 Å². The molecular formula is C25H21N9O. The molecule has 1 N–H and O–H groups in total. The molecule has 1 aliphatic rings. The third-order valence-corrected chi connectivity index (χ3v) is 6.11. The minimum absolute atomic E-state index is 0.0692. The Balaban J connectivity index is 1.28. The summed E-state index contributed by atoms with van der Waals surface area (Å²) in [5.74, 6) is 1.74. The molecule has 35 heavy (non-hydrogen) atoms. The zero-order chi connectivity index (χ0) is 23.9. The van der Waals surface area contributed by atoms with Crippen LogP contribution in [0.25, 0.3) is 34.0 Å². The van der Waals surface area contributed by atoms with Gasteiger partial charge in [0.05, 0.1) is 6.54 Å². The lowest BCUT2D eigenvalue weighted by Gasteiger charge is -2.16. The van der Waals surface area contributed by atoms with E-state index in [1.54, 1.807) is 11.2 Å². The summed E-state index contributed by atoms with van der Waals surface area (Å²) in [6.45, 7) is 4.60. The Morgan fingerprint density at radius 1 is 0.943 bits per heavy atom. The lowest BCUT2D eigenvalue weighted by Crippen LogP contribution is -2.24. The van der Waals surface area contributed by atoms with Crippen molar-refractivity contribution >= 4 is 11.7 Å². The molecule has 172 valence electrons. The molecule has 4 heterocycles. The van der Waals surface area contributed by atoms with Crippen molar-refractivity contribution in [1.82, 2.24) is 40.4 Å². The number of tetrazole rings is 1. The van der Waals surface area contributed by atoms with Crippen molar-refractivity contribution in [2.24, 2.45) is 0 Å². The van der Waals surface area contributed by atoms with Gasteiger partial charge in [-0.25, -0.2) is 4.98 Å². The van der Waals surface area contributed by atoms with Crippen molar-refractivity contribution in [3.05, 3.63) is 78.1 Å². The number of nitrogens with zero attached hydrogens (tertiary/aromatic N) is 8. The molecule has 3 aromatic heterocycles. The van der Waals surface area contributed by atoms with E-state index in [4.69, 9.17) is 4.98 Å². The van der Waals surface area contributed by atoms with Gasteiger partial charge in [0.25, 0.3) is 5.91 Å². The molecule has 10 heteroatoms. The van der Waals surface area contributed by atoms with Crippen molar-refractivity contribution < 1.29 is 4.79 Å². The number of anilines is 1. The van der Waals surface area contributed by atoms with Gasteiger partial charge in [-0.3, -0.25) is 9.69 Å². The van der Waals surface area contributed by atoms with Gasteiger partial charge in [-0.05, 0) is 54.0 Å². The van der Waals surface area contributed by atoms with Crippen molar-refractivity contribution in [3.8, 4) is 34.0 Å². The summed E-state index contributed by atoms with van der Waals surface area (Å²) in [7, 11) is 0. The van der Waals surface area contributed by atoms with Gasteiger partial charge in [0, 0.05) is 17.2 Å². The average Bonchev–Trinajstić information content (AvgIpc) is 3.65. The summed E-state index contributed by atoms with van der Waals surface area (Å²) in [6.07, 6.45) is 1.70. The first-order valence-corrected chi connectivity index (χ1v) is 11.2. The van der Waals surface area contributed by atoms with Crippen LogP contribution in [0.4, 0.5) is 5.82 Å². The molecule has 0 fully saturated rings. The molecule has 0 bridgehead atoms. The van der Waals surface area contributed by atoms with Crippen LogP contribution in [-0.4, -0.2) is 46.3 Å². The number of hydrogen-bond acceptors (Lipinski definition) is 7. The van der Waals surface area contributed by atoms with E-state index in [1.165, 1.54) is 0 Å². The smallest absolute Gasteiger partial charge is 0.260 e. The van der Waals surface area contributed by atoms with E-state index in [0.29, 0.717) is 35.3 Å². The first-order chi connectivity index (χ1) is 17.1. The van der Waals surface area contributed by atoms with Crippen LogP contribution in [0, 0.1) is 0 Å². The zero-order valence-corrected chi connectivity index (χ0v) is 19.1. The summed E-state index contributed by atoms with van der Waals surface area (Å²) in [5, 5.41) is 22.3. The van der Waals surface area contributed by atoms with Gasteiger partial charge < -0.3 is 4.57 Å². The number of amides is 1. The maximum Gasteiger partial charge on any atom is 0.260 e. The molecular weight excluding hydrogens is 442 g/mol. The van der Waals surface area contributed by atoms with Crippen LogP contribution in [0.5, 0.6) is 0 Å². The second-order valence-electron chi connectivity index (χ2n) is 8.61. The second kappa shape index (κ2) is 8.24. The van der Waals surface area contributed by atoms with Crippen LogP contribution in [0.1, 0.15) is 35.8 Å². The predicted octanol–water partition coefficient (Wildman–Crippen LogP) is 3.93. The van der Waals surface area contributed by atoms with E-state index < -0.39 is 0 Å². The van der Waals surface area contributed by atoms with Gasteiger partial charge >= 0.3 is 0 Å². The van der Waals surface area contributed by atoms with E-state index in [9.17, 15) is 4.79 Å². The Morgan fingerprint density at radius 2 is 1.74 bits per heavy atom. The third-order valence-electron chi connectivity index (χ3n) is 6.11. The number of hydrogen-bond donors (Lipinski definition) is 1. The number of H-pyrrole nitrogens is 1. The highest BCUT2D eigenvalue weighted by molar-refractivity contribution is 6.10. The number of benzene rings is 2. The Morgan fingerprint density at radius 3 is 2.51 bits per heavy atom. The molecule has 10 nitrogen and oxygen atoms in total. The Kier molecular flexibility index (Phi) is 4.91. The first kappa shape index (κ1) is 20.8. The van der Waals surface area contributed by atoms with Crippen molar-refractivity contribution in [3.63, 3.8) is 0 Å². The maximum atomic E-state index is 13.4. The van der Waals surface area contributed by atoms with Crippen LogP contribution in [0.15, 0.2) is 67.0 Å². The number of carbonyl (C=O) groups excluding carboxylic acids is 1. The van der Waals surface area contributed by atoms with Crippen LogP contribution >= 0.6 is 0 Å². The Bertz CT molecular complexity index is 1520. The fourth-order valence-electron chi connectivity index (χ4n) is 4.26. The number of aromatic amines is 1. The number of rotatable bonds is 5. The van der Waals surface area contributed by atoms with E-state index in [2.05, 4.69) is 44.7 Å². The minimum atomic E-state index is -0.0692. The summed E-state index contributed by atoms with van der Waals surface area (Å²) >= 11 is 0. The maximum absolute atomic E-state index is 13.4. The predicted molar refractivity (Wildman–Crippen MR) is 129 cm³/mol. The van der Waals surface area contributed by atoms with Crippen molar-refractivity contribution in [2.75, 3.05) is 4.90 Å². The molecule has 0 spiro atoms. The van der Waals surface area contributed by atoms with Crippen LogP contribution in [0.2, 0.25) is 0 Å². The summed E-state index contributed by atoms with van der Waals surface area (Å²) < 4.78 is 1.96. The number of carbonyl (C=O) groups is 1. The second-order valence-corrected chi connectivity index (χ2v) is 8.61. The molecule has 2 aromatic carbocycles. The summed E-state index contributed by atoms with van der Waals surface area (Å²) in [6, 6.07) is 19.7. The van der Waals surface area contributed by atoms with E-state index in [0.717, 1.165) is 22.3 Å². The van der Waals surface area contributed by atoms with Gasteiger partial charge in [-0.15, -0.1) is 20.4 Å². The summed E-state index contributed by atoms with van der Waals surface area (Å²) in [4.78, 5) is 19.8. The molecule has 1 aliphatic heterocycles. The van der Waals surface area contributed by atoms with Crippen LogP contribution < -0.4 is 4.90 Å². The number of pyridine rings is 1. The highest BCUT2D eigenvalue weighted by atomic mass is 16.2. The van der Waals surface area contributed by atoms with E-state index in [-0.39, 0.29) is 11.9 Å². The standard InChI is InChI=1S/C25H21N9O/c1-15(2)34-14-26-30-24(34)21-4-3-5-22(27-21)33-13-19-11-10-18(12-20(19)25(33)35)16-6-8-17(9-7-16)23-28-31-32-29-23/h3-12,14-15H,13H2,1-2H3,(H,28,29,31,32). The lowest BCUT2D eigenvalue weighted by atomic mass is 9.99. The number of aromatic nitrogens is 8. The van der Waals surface area contributed by atoms with Gasteiger partial charge in [-0.2, -0.15) is 5.21 Å². The van der Waals surface area contributed by atoms with Gasteiger partial charge in [-0.1, -0.05) is 42.5 Å². The normalized spacial score (nSPS) is 13.0. The van der Waals surface area contributed by atoms with Gasteiger partial charge in [0.15, 0.2) is 5.82 Å². The van der Waals surface area contributed by atoms with Crippen LogP contribution in [-0.2, 0) is 6.54 Å². The molecule has 5 aromatic rings. The molecule has 0 saturated heterocycles. The molecule has 6 rings (SSSR count). The highest BCUT2D eigenvalue weighted by Crippen LogP contribution is 2.32. The number of fused-ring (bicyclic) bond motifs is 1. The Labute approximate surface area is 200 Å². The topological polar surface area (TPSA) is 118 Å². The number of nitrogens with one attached hydrogen (secondary N) is 1. The SMILES string of the molecule is CC(C)n1cnnc1-c1cccc(N2Cc3ccc(-c4ccc(-c5nn[nH]n5)cc4)cc3C2=O)n1. The largest absolute Gasteiger partial charge is 0.310 e. The molecule has 0 radical (unpaired) electrons. The molecule has 1 amide bonds. The van der Waals surface area contributed by atoms with E-state index in [1.807, 2.05) is 65.2 Å².